The molecule has 0 aromatic rings. The van der Waals surface area contributed by atoms with Crippen LogP contribution in [0.2, 0.25) is 0 Å². The summed E-state index contributed by atoms with van der Waals surface area (Å²) in [5, 5.41) is 15.4. The number of carbonyl (C=O) groups excluding carboxylic acids is 2. The van der Waals surface area contributed by atoms with E-state index in [1.165, 1.54) is 0 Å². The van der Waals surface area contributed by atoms with Crippen LogP contribution in [0.3, 0.4) is 0 Å². The highest BCUT2D eigenvalue weighted by Gasteiger charge is 2.08. The number of aliphatic carboxylic acids is 1. The van der Waals surface area contributed by atoms with E-state index in [1.807, 2.05) is 13.2 Å². The number of carboxylic acids is 1. The predicted octanol–water partition coefficient (Wildman–Crippen LogP) is -0.762. The predicted molar refractivity (Wildman–Crippen MR) is 65.0 cm³/mol. The number of carboxylic acid groups (broad SMARTS) is 1. The van der Waals surface area contributed by atoms with Gasteiger partial charge in [-0.1, -0.05) is 0 Å². The Morgan fingerprint density at radius 3 is 2.41 bits per heavy atom. The van der Waals surface area contributed by atoms with Gasteiger partial charge in [-0.05, 0) is 13.2 Å². The van der Waals surface area contributed by atoms with Crippen LogP contribution in [-0.2, 0) is 9.59 Å². The van der Waals surface area contributed by atoms with Crippen LogP contribution in [0.5, 0.6) is 0 Å². The quantitative estimate of drug-likeness (QED) is 0.483. The highest BCUT2D eigenvalue weighted by Crippen LogP contribution is 1.95. The Balaban J connectivity index is 3.69. The summed E-state index contributed by atoms with van der Waals surface area (Å²) in [7, 11) is 0. The number of nitrogens with one attached hydrogen (secondary N) is 3. The molecule has 0 radical (unpaired) electrons. The monoisotopic (exact) mass is 263 g/mol. The number of urea groups is 1. The summed E-state index contributed by atoms with van der Waals surface area (Å²) in [5.74, 6) is -0.894. The van der Waals surface area contributed by atoms with Crippen molar-refractivity contribution in [3.63, 3.8) is 0 Å². The van der Waals surface area contributed by atoms with Gasteiger partial charge in [-0.15, -0.1) is 0 Å². The number of hydrogen-bond donors (Lipinski definition) is 4. The first kappa shape index (κ1) is 15.6. The van der Waals surface area contributed by atoms with Crippen molar-refractivity contribution in [3.8, 4) is 0 Å². The minimum absolute atomic E-state index is 0.00656. The lowest BCUT2D eigenvalue weighted by Gasteiger charge is -2.13. The zero-order chi connectivity index (χ0) is 13.3. The van der Waals surface area contributed by atoms with Gasteiger partial charge < -0.3 is 21.1 Å². The molecule has 0 aromatic carbocycles. The molecule has 0 rings (SSSR count). The summed E-state index contributed by atoms with van der Waals surface area (Å²) in [6.45, 7) is 1.15. The van der Waals surface area contributed by atoms with E-state index in [9.17, 15) is 14.4 Å². The number of rotatable bonds is 7. The summed E-state index contributed by atoms with van der Waals surface area (Å²) in [5.41, 5.74) is 0. The average molecular weight is 263 g/mol. The SMILES string of the molecule is CSCC(C)NC(=O)NCC(=O)NCC(=O)O. The zero-order valence-corrected chi connectivity index (χ0v) is 10.6. The molecule has 4 N–H and O–H groups in total. The van der Waals surface area contributed by atoms with Crippen molar-refractivity contribution in [2.45, 2.75) is 13.0 Å². The van der Waals surface area contributed by atoms with Gasteiger partial charge in [-0.3, -0.25) is 9.59 Å². The van der Waals surface area contributed by atoms with Crippen LogP contribution in [0.4, 0.5) is 4.79 Å². The maximum absolute atomic E-state index is 11.2. The molecule has 1 atom stereocenters. The van der Waals surface area contributed by atoms with Gasteiger partial charge in [-0.25, -0.2) is 4.79 Å². The molecule has 0 aliphatic carbocycles. The molecule has 98 valence electrons. The fraction of sp³-hybridized carbons (Fsp3) is 0.667. The van der Waals surface area contributed by atoms with Gasteiger partial charge in [0.1, 0.15) is 6.54 Å². The van der Waals surface area contributed by atoms with Gasteiger partial charge in [-0.2, -0.15) is 11.8 Å². The second-order valence-electron chi connectivity index (χ2n) is 3.35. The standard InChI is InChI=1S/C9H17N3O4S/c1-6(5-17-2)12-9(16)11-3-7(13)10-4-8(14)15/h6H,3-5H2,1-2H3,(H,10,13)(H,14,15)(H2,11,12,16). The Labute approximate surface area is 104 Å². The van der Waals surface area contributed by atoms with Gasteiger partial charge in [0.05, 0.1) is 6.54 Å². The number of amides is 3. The van der Waals surface area contributed by atoms with Gasteiger partial charge in [0.15, 0.2) is 0 Å². The molecule has 8 heteroatoms. The topological polar surface area (TPSA) is 108 Å². The molecular weight excluding hydrogens is 246 g/mol. The maximum atomic E-state index is 11.2. The van der Waals surface area contributed by atoms with Gasteiger partial charge in [0.2, 0.25) is 5.91 Å². The van der Waals surface area contributed by atoms with E-state index in [2.05, 4.69) is 16.0 Å². The van der Waals surface area contributed by atoms with E-state index in [1.54, 1.807) is 11.8 Å². The summed E-state index contributed by atoms with van der Waals surface area (Å²) in [6, 6.07) is -0.441. The van der Waals surface area contributed by atoms with Crippen LogP contribution in [-0.4, -0.2) is 54.2 Å². The molecular formula is C9H17N3O4S. The van der Waals surface area contributed by atoms with Crippen molar-refractivity contribution in [3.05, 3.63) is 0 Å². The third-order valence-corrected chi connectivity index (χ3v) is 2.47. The van der Waals surface area contributed by atoms with Gasteiger partial charge in [0.25, 0.3) is 0 Å². The fourth-order valence-corrected chi connectivity index (χ4v) is 1.55. The third kappa shape index (κ3) is 9.49. The Hall–Kier alpha value is -1.44. The number of carbonyl (C=O) groups is 3. The smallest absolute Gasteiger partial charge is 0.322 e. The van der Waals surface area contributed by atoms with Crippen LogP contribution in [0.15, 0.2) is 0 Å². The number of hydrogen-bond acceptors (Lipinski definition) is 4. The molecule has 0 fully saturated rings. The Morgan fingerprint density at radius 1 is 1.24 bits per heavy atom. The maximum Gasteiger partial charge on any atom is 0.322 e. The Morgan fingerprint density at radius 2 is 1.88 bits per heavy atom. The van der Waals surface area contributed by atoms with Crippen LogP contribution < -0.4 is 16.0 Å². The van der Waals surface area contributed by atoms with Gasteiger partial charge >= 0.3 is 12.0 Å². The van der Waals surface area contributed by atoms with Crippen molar-refractivity contribution in [1.82, 2.24) is 16.0 Å². The van der Waals surface area contributed by atoms with Crippen molar-refractivity contribution in [2.24, 2.45) is 0 Å². The van der Waals surface area contributed by atoms with E-state index in [-0.39, 0.29) is 12.6 Å². The van der Waals surface area contributed by atoms with Crippen LogP contribution in [0, 0.1) is 0 Å². The molecule has 3 amide bonds. The molecule has 0 aliphatic rings. The van der Waals surface area contributed by atoms with E-state index in [0.717, 1.165) is 5.75 Å². The Kier molecular flexibility index (Phi) is 7.95. The number of thioether (sulfide) groups is 1. The van der Waals surface area contributed by atoms with Crippen molar-refractivity contribution in [2.75, 3.05) is 25.1 Å². The van der Waals surface area contributed by atoms with Crippen molar-refractivity contribution in [1.29, 1.82) is 0 Å². The first-order chi connectivity index (χ1) is 7.95. The highest BCUT2D eigenvalue weighted by molar-refractivity contribution is 7.98. The summed E-state index contributed by atoms with van der Waals surface area (Å²) in [6.07, 6.45) is 1.93. The minimum Gasteiger partial charge on any atom is -0.480 e. The largest absolute Gasteiger partial charge is 0.480 e. The minimum atomic E-state index is -1.13. The molecule has 0 aliphatic heterocycles. The molecule has 0 saturated heterocycles. The second kappa shape index (κ2) is 8.68. The average Bonchev–Trinajstić information content (AvgIpc) is 2.23. The Bertz CT molecular complexity index is 285. The van der Waals surface area contributed by atoms with E-state index in [0.29, 0.717) is 0 Å². The fourth-order valence-electron chi connectivity index (χ4n) is 0.964. The lowest BCUT2D eigenvalue weighted by atomic mass is 10.4. The van der Waals surface area contributed by atoms with Crippen LogP contribution >= 0.6 is 11.8 Å². The van der Waals surface area contributed by atoms with Crippen LogP contribution in [0.25, 0.3) is 0 Å². The normalized spacial score (nSPS) is 11.4. The van der Waals surface area contributed by atoms with E-state index < -0.39 is 24.5 Å². The molecule has 0 spiro atoms. The highest BCUT2D eigenvalue weighted by atomic mass is 32.2. The summed E-state index contributed by atoms with van der Waals surface area (Å²) in [4.78, 5) is 32.4. The van der Waals surface area contributed by atoms with E-state index >= 15 is 0 Å². The zero-order valence-electron chi connectivity index (χ0n) is 9.78. The summed E-state index contributed by atoms with van der Waals surface area (Å²) >= 11 is 1.60. The first-order valence-corrected chi connectivity index (χ1v) is 6.37. The van der Waals surface area contributed by atoms with Crippen LogP contribution in [0.1, 0.15) is 6.92 Å². The van der Waals surface area contributed by atoms with Crippen molar-refractivity contribution >= 4 is 29.7 Å². The van der Waals surface area contributed by atoms with Crippen molar-refractivity contribution < 1.29 is 19.5 Å². The molecule has 0 aromatic heterocycles. The molecule has 0 bridgehead atoms. The molecule has 0 saturated carbocycles. The van der Waals surface area contributed by atoms with Gasteiger partial charge in [0, 0.05) is 11.8 Å². The molecule has 17 heavy (non-hydrogen) atoms. The molecule has 0 heterocycles. The lowest BCUT2D eigenvalue weighted by molar-refractivity contribution is -0.137. The van der Waals surface area contributed by atoms with E-state index in [4.69, 9.17) is 5.11 Å². The molecule has 7 nitrogen and oxygen atoms in total. The first-order valence-electron chi connectivity index (χ1n) is 4.97. The summed E-state index contributed by atoms with van der Waals surface area (Å²) < 4.78 is 0. The lowest BCUT2D eigenvalue weighted by Crippen LogP contribution is -2.46. The molecule has 1 unspecified atom stereocenters. The second-order valence-corrected chi connectivity index (χ2v) is 4.26. The third-order valence-electron chi connectivity index (χ3n) is 1.64.